The number of halogens is 1. The molecule has 19 heavy (non-hydrogen) atoms. The normalized spacial score (nSPS) is 11.1. The Kier molecular flexibility index (Phi) is 3.03. The molecule has 3 aromatic rings. The second-order valence-corrected chi connectivity index (χ2v) is 5.24. The van der Waals surface area contributed by atoms with Gasteiger partial charge in [-0.3, -0.25) is 0 Å². The van der Waals surface area contributed by atoms with Crippen LogP contribution in [0.1, 0.15) is 18.1 Å². The number of aromatic amines is 1. The summed E-state index contributed by atoms with van der Waals surface area (Å²) in [4.78, 5) is 8.00. The maximum atomic E-state index is 6.10. The molecule has 0 spiro atoms. The molecule has 1 heterocycles. The van der Waals surface area contributed by atoms with Crippen molar-refractivity contribution < 1.29 is 0 Å². The first-order valence-corrected chi connectivity index (χ1v) is 6.79. The van der Waals surface area contributed by atoms with E-state index in [2.05, 4.69) is 41.2 Å². The van der Waals surface area contributed by atoms with Crippen molar-refractivity contribution in [2.75, 3.05) is 0 Å². The maximum Gasteiger partial charge on any atom is 0.138 e. The zero-order chi connectivity index (χ0) is 13.4. The fourth-order valence-electron chi connectivity index (χ4n) is 2.29. The van der Waals surface area contributed by atoms with Crippen LogP contribution < -0.4 is 0 Å². The highest BCUT2D eigenvalue weighted by molar-refractivity contribution is 6.30. The minimum absolute atomic E-state index is 0.740. The molecule has 0 bridgehead atoms. The Balaban J connectivity index is 2.14. The van der Waals surface area contributed by atoms with Gasteiger partial charge in [-0.25, -0.2) is 4.98 Å². The number of H-pyrrole nitrogens is 1. The lowest BCUT2D eigenvalue weighted by Gasteiger charge is -2.00. The van der Waals surface area contributed by atoms with Gasteiger partial charge in [0.25, 0.3) is 0 Å². The van der Waals surface area contributed by atoms with Crippen molar-refractivity contribution in [1.82, 2.24) is 9.97 Å². The van der Waals surface area contributed by atoms with Crippen LogP contribution in [0.4, 0.5) is 0 Å². The lowest BCUT2D eigenvalue weighted by molar-refractivity contribution is 1.14. The summed E-state index contributed by atoms with van der Waals surface area (Å²) in [7, 11) is 0. The zero-order valence-electron chi connectivity index (χ0n) is 11.0. The van der Waals surface area contributed by atoms with Crippen molar-refractivity contribution in [3.63, 3.8) is 0 Å². The summed E-state index contributed by atoms with van der Waals surface area (Å²) in [5, 5.41) is 0.740. The lowest BCUT2D eigenvalue weighted by Crippen LogP contribution is -1.82. The Bertz CT molecular complexity index is 723. The molecule has 3 heteroatoms. The summed E-state index contributed by atoms with van der Waals surface area (Å²) >= 11 is 6.10. The number of imidazole rings is 1. The summed E-state index contributed by atoms with van der Waals surface area (Å²) < 4.78 is 0. The molecule has 1 N–H and O–H groups in total. The van der Waals surface area contributed by atoms with E-state index < -0.39 is 0 Å². The first-order valence-electron chi connectivity index (χ1n) is 6.42. The average molecular weight is 271 g/mol. The Labute approximate surface area is 117 Å². The number of fused-ring (bicyclic) bond motifs is 1. The molecule has 0 radical (unpaired) electrons. The zero-order valence-corrected chi connectivity index (χ0v) is 11.8. The van der Waals surface area contributed by atoms with E-state index in [1.807, 2.05) is 19.1 Å². The summed E-state index contributed by atoms with van der Waals surface area (Å²) in [6.45, 7) is 4.19. The molecule has 0 amide bonds. The highest BCUT2D eigenvalue weighted by atomic mass is 35.5. The number of aryl methyl sites for hydroxylation is 2. The molecule has 1 aromatic heterocycles. The van der Waals surface area contributed by atoms with Crippen molar-refractivity contribution in [3.05, 3.63) is 52.5 Å². The molecule has 0 atom stereocenters. The molecule has 0 saturated heterocycles. The summed E-state index contributed by atoms with van der Waals surface area (Å²) in [6.07, 6.45) is 1.03. The molecule has 0 unspecified atom stereocenters. The van der Waals surface area contributed by atoms with Crippen molar-refractivity contribution in [3.8, 4) is 11.4 Å². The van der Waals surface area contributed by atoms with Gasteiger partial charge in [-0.05, 0) is 54.8 Å². The number of nitrogens with one attached hydrogen (secondary N) is 1. The van der Waals surface area contributed by atoms with Gasteiger partial charge >= 0.3 is 0 Å². The smallest absolute Gasteiger partial charge is 0.138 e. The minimum atomic E-state index is 0.740. The van der Waals surface area contributed by atoms with Gasteiger partial charge in [0, 0.05) is 10.6 Å². The number of rotatable bonds is 2. The highest BCUT2D eigenvalue weighted by Gasteiger charge is 2.07. The van der Waals surface area contributed by atoms with E-state index in [0.717, 1.165) is 39.4 Å². The molecular weight excluding hydrogens is 256 g/mol. The van der Waals surface area contributed by atoms with Gasteiger partial charge in [0.05, 0.1) is 11.0 Å². The van der Waals surface area contributed by atoms with Gasteiger partial charge < -0.3 is 4.98 Å². The minimum Gasteiger partial charge on any atom is -0.338 e. The number of aromatic nitrogens is 2. The maximum absolute atomic E-state index is 6.10. The molecule has 0 saturated carbocycles. The molecule has 0 fully saturated rings. The van der Waals surface area contributed by atoms with Gasteiger partial charge in [0.2, 0.25) is 0 Å². The van der Waals surface area contributed by atoms with E-state index in [1.165, 1.54) is 5.56 Å². The predicted molar refractivity (Wildman–Crippen MR) is 80.7 cm³/mol. The van der Waals surface area contributed by atoms with E-state index in [1.54, 1.807) is 0 Å². The number of hydrogen-bond donors (Lipinski definition) is 1. The van der Waals surface area contributed by atoms with Crippen LogP contribution in [0.25, 0.3) is 22.4 Å². The molecular formula is C16H15ClN2. The second-order valence-electron chi connectivity index (χ2n) is 4.81. The Hall–Kier alpha value is -1.80. The van der Waals surface area contributed by atoms with Crippen LogP contribution in [0.15, 0.2) is 36.4 Å². The van der Waals surface area contributed by atoms with E-state index in [-0.39, 0.29) is 0 Å². The molecule has 0 aliphatic rings. The van der Waals surface area contributed by atoms with Gasteiger partial charge in [0.1, 0.15) is 5.82 Å². The van der Waals surface area contributed by atoms with Gasteiger partial charge in [-0.15, -0.1) is 0 Å². The third kappa shape index (κ3) is 2.36. The SMILES string of the molecule is CCc1ccc2nc(-c3cc(C)cc(Cl)c3)[nH]c2c1. The standard InChI is InChI=1S/C16H15ClN2/c1-3-11-4-5-14-15(8-11)19-16(18-14)12-6-10(2)7-13(17)9-12/h4-9H,3H2,1-2H3,(H,18,19). The Morgan fingerprint density at radius 2 is 2.00 bits per heavy atom. The third-order valence-electron chi connectivity index (χ3n) is 3.27. The van der Waals surface area contributed by atoms with Crippen LogP contribution in [0, 0.1) is 6.92 Å². The highest BCUT2D eigenvalue weighted by Crippen LogP contribution is 2.25. The van der Waals surface area contributed by atoms with E-state index in [9.17, 15) is 0 Å². The van der Waals surface area contributed by atoms with Gasteiger partial charge in [-0.2, -0.15) is 0 Å². The van der Waals surface area contributed by atoms with Gasteiger partial charge in [0.15, 0.2) is 0 Å². The van der Waals surface area contributed by atoms with Crippen molar-refractivity contribution in [2.45, 2.75) is 20.3 Å². The van der Waals surface area contributed by atoms with Crippen LogP contribution in [-0.2, 0) is 6.42 Å². The van der Waals surface area contributed by atoms with E-state index in [4.69, 9.17) is 11.6 Å². The first-order chi connectivity index (χ1) is 9.15. The topological polar surface area (TPSA) is 28.7 Å². The molecule has 0 aliphatic heterocycles. The molecule has 3 rings (SSSR count). The average Bonchev–Trinajstić information content (AvgIpc) is 2.80. The van der Waals surface area contributed by atoms with E-state index in [0.29, 0.717) is 0 Å². The van der Waals surface area contributed by atoms with Crippen molar-refractivity contribution in [1.29, 1.82) is 0 Å². The quantitative estimate of drug-likeness (QED) is 0.715. The van der Waals surface area contributed by atoms with Crippen molar-refractivity contribution >= 4 is 22.6 Å². The first kappa shape index (κ1) is 12.2. The van der Waals surface area contributed by atoms with Crippen LogP contribution in [0.2, 0.25) is 5.02 Å². The fourth-order valence-corrected chi connectivity index (χ4v) is 2.58. The Morgan fingerprint density at radius 1 is 1.16 bits per heavy atom. The third-order valence-corrected chi connectivity index (χ3v) is 3.49. The largest absolute Gasteiger partial charge is 0.338 e. The predicted octanol–water partition coefficient (Wildman–Crippen LogP) is 4.75. The second kappa shape index (κ2) is 4.71. The van der Waals surface area contributed by atoms with Crippen molar-refractivity contribution in [2.24, 2.45) is 0 Å². The number of hydrogen-bond acceptors (Lipinski definition) is 1. The molecule has 0 aliphatic carbocycles. The molecule has 96 valence electrons. The number of benzene rings is 2. The Morgan fingerprint density at radius 3 is 2.74 bits per heavy atom. The monoisotopic (exact) mass is 270 g/mol. The molecule has 2 aromatic carbocycles. The number of nitrogens with zero attached hydrogens (tertiary/aromatic N) is 1. The lowest BCUT2D eigenvalue weighted by atomic mass is 10.1. The van der Waals surface area contributed by atoms with E-state index >= 15 is 0 Å². The van der Waals surface area contributed by atoms with Crippen LogP contribution in [0.5, 0.6) is 0 Å². The summed E-state index contributed by atoms with van der Waals surface area (Å²) in [5.41, 5.74) is 5.54. The van der Waals surface area contributed by atoms with Gasteiger partial charge in [-0.1, -0.05) is 24.6 Å². The van der Waals surface area contributed by atoms with Crippen LogP contribution in [0.3, 0.4) is 0 Å². The van der Waals surface area contributed by atoms with Crippen LogP contribution >= 0.6 is 11.6 Å². The van der Waals surface area contributed by atoms with Crippen LogP contribution in [-0.4, -0.2) is 9.97 Å². The summed E-state index contributed by atoms with van der Waals surface area (Å²) in [6, 6.07) is 12.3. The summed E-state index contributed by atoms with van der Waals surface area (Å²) in [5.74, 6) is 0.869. The fraction of sp³-hybridized carbons (Fsp3) is 0.188. The molecule has 2 nitrogen and oxygen atoms in total.